The molecule has 2 aromatic carbocycles. The van der Waals surface area contributed by atoms with Crippen LogP contribution in [-0.4, -0.2) is 23.2 Å². The van der Waals surface area contributed by atoms with Crippen LogP contribution in [0.25, 0.3) is 10.9 Å². The number of methoxy groups -OCH3 is 1. The lowest BCUT2D eigenvalue weighted by Crippen LogP contribution is -2.07. The van der Waals surface area contributed by atoms with Crippen LogP contribution in [0.5, 0.6) is 17.2 Å². The molecule has 0 saturated carbocycles. The molecule has 0 spiro atoms. The number of hydrogen-bond acceptors (Lipinski definition) is 4. The highest BCUT2D eigenvalue weighted by Gasteiger charge is 2.17. The molecule has 0 amide bonds. The second-order valence-electron chi connectivity index (χ2n) is 5.96. The van der Waals surface area contributed by atoms with Crippen LogP contribution in [0.1, 0.15) is 24.1 Å². The van der Waals surface area contributed by atoms with Gasteiger partial charge in [0.2, 0.25) is 0 Å². The Morgan fingerprint density at radius 1 is 1.16 bits per heavy atom. The van der Waals surface area contributed by atoms with Crippen molar-refractivity contribution >= 4 is 22.6 Å². The molecule has 1 aromatic heterocycles. The average Bonchev–Trinajstić information content (AvgIpc) is 2.98. The minimum absolute atomic E-state index is 0.454. The molecule has 1 atom stereocenters. The number of aromatic nitrogens is 1. The van der Waals surface area contributed by atoms with Crippen molar-refractivity contribution < 1.29 is 19.4 Å². The van der Waals surface area contributed by atoms with Gasteiger partial charge in [-0.3, -0.25) is 4.79 Å². The Morgan fingerprint density at radius 2 is 1.88 bits per heavy atom. The van der Waals surface area contributed by atoms with Crippen molar-refractivity contribution in [2.24, 2.45) is 0 Å². The summed E-state index contributed by atoms with van der Waals surface area (Å²) < 4.78 is 11.3. The zero-order chi connectivity index (χ0) is 18.1. The first-order valence-electron chi connectivity index (χ1n) is 7.87. The van der Waals surface area contributed by atoms with E-state index in [1.807, 2.05) is 19.1 Å². The number of hydrogen-bond donors (Lipinski definition) is 3. The number of carbonyl (C=O) groups is 1. The lowest BCUT2D eigenvalue weighted by Gasteiger charge is -2.15. The summed E-state index contributed by atoms with van der Waals surface area (Å²) >= 11 is 0. The van der Waals surface area contributed by atoms with E-state index in [9.17, 15) is 4.79 Å². The number of fused-ring (bicyclic) bond motifs is 1. The smallest absolute Gasteiger partial charge is 0.310 e. The summed E-state index contributed by atoms with van der Waals surface area (Å²) in [4.78, 5) is 14.4. The number of benzene rings is 2. The number of nitrogens with one attached hydrogen (secondary N) is 1. The van der Waals surface area contributed by atoms with Gasteiger partial charge in [-0.05, 0) is 49.7 Å². The Morgan fingerprint density at radius 3 is 2.56 bits per heavy atom. The number of nitrogens with two attached hydrogens (primary N) is 1. The molecule has 0 aliphatic carbocycles. The van der Waals surface area contributed by atoms with E-state index in [1.165, 1.54) is 7.11 Å². The Balaban J connectivity index is 1.97. The lowest BCUT2D eigenvalue weighted by molar-refractivity contribution is -0.138. The van der Waals surface area contributed by atoms with Gasteiger partial charge >= 0.3 is 5.97 Å². The van der Waals surface area contributed by atoms with Crippen molar-refractivity contribution in [3.8, 4) is 17.2 Å². The fourth-order valence-corrected chi connectivity index (χ4v) is 2.73. The van der Waals surface area contributed by atoms with Gasteiger partial charge in [0.1, 0.15) is 0 Å². The van der Waals surface area contributed by atoms with E-state index in [2.05, 4.69) is 4.98 Å². The van der Waals surface area contributed by atoms with Crippen molar-refractivity contribution in [2.75, 3.05) is 12.8 Å². The first kappa shape index (κ1) is 16.7. The molecule has 6 heteroatoms. The zero-order valence-corrected chi connectivity index (χ0v) is 14.3. The number of ether oxygens (including phenoxy) is 2. The van der Waals surface area contributed by atoms with E-state index < -0.39 is 11.9 Å². The van der Waals surface area contributed by atoms with Crippen LogP contribution in [0.4, 0.5) is 5.69 Å². The predicted octanol–water partition coefficient (Wildman–Crippen LogP) is 4.05. The highest BCUT2D eigenvalue weighted by Crippen LogP contribution is 2.38. The molecule has 0 saturated heterocycles. The quantitative estimate of drug-likeness (QED) is 0.609. The fraction of sp³-hybridized carbons (Fsp3) is 0.211. The highest BCUT2D eigenvalue weighted by atomic mass is 16.5. The number of H-pyrrole nitrogens is 1. The third kappa shape index (κ3) is 3.10. The molecule has 0 radical (unpaired) electrons. The molecular formula is C19H20N2O4. The lowest BCUT2D eigenvalue weighted by atomic mass is 10.0. The summed E-state index contributed by atoms with van der Waals surface area (Å²) in [5.41, 5.74) is 9.36. The van der Waals surface area contributed by atoms with Gasteiger partial charge in [-0.2, -0.15) is 0 Å². The third-order valence-electron chi connectivity index (χ3n) is 4.22. The van der Waals surface area contributed by atoms with Crippen LogP contribution in [-0.2, 0) is 4.79 Å². The molecule has 0 bridgehead atoms. The minimum Gasteiger partial charge on any atom is -0.493 e. The summed E-state index contributed by atoms with van der Waals surface area (Å²) in [5, 5.41) is 10.0. The van der Waals surface area contributed by atoms with E-state index in [1.54, 1.807) is 31.2 Å². The topological polar surface area (TPSA) is 97.6 Å². The number of aryl methyl sites for hydroxylation is 1. The molecule has 6 nitrogen and oxygen atoms in total. The Kier molecular flexibility index (Phi) is 4.27. The summed E-state index contributed by atoms with van der Waals surface area (Å²) in [7, 11) is 1.51. The number of nitrogen functional groups attached to an aromatic ring is 1. The summed E-state index contributed by atoms with van der Waals surface area (Å²) in [6, 6.07) is 10.7. The van der Waals surface area contributed by atoms with Gasteiger partial charge in [0, 0.05) is 16.6 Å². The Labute approximate surface area is 145 Å². The highest BCUT2D eigenvalue weighted by molar-refractivity contribution is 5.94. The van der Waals surface area contributed by atoms with Gasteiger partial charge in [0.05, 0.1) is 18.7 Å². The van der Waals surface area contributed by atoms with Crippen LogP contribution in [0.3, 0.4) is 0 Å². The third-order valence-corrected chi connectivity index (χ3v) is 4.22. The van der Waals surface area contributed by atoms with Crippen LogP contribution < -0.4 is 15.2 Å². The molecular weight excluding hydrogens is 320 g/mol. The maximum absolute atomic E-state index is 11.2. The number of aliphatic carboxylic acids is 1. The maximum Gasteiger partial charge on any atom is 0.310 e. The Bertz CT molecular complexity index is 946. The number of rotatable bonds is 5. The van der Waals surface area contributed by atoms with Gasteiger partial charge in [-0.15, -0.1) is 0 Å². The normalized spacial score (nSPS) is 12.1. The monoisotopic (exact) mass is 340 g/mol. The first-order valence-corrected chi connectivity index (χ1v) is 7.87. The van der Waals surface area contributed by atoms with Gasteiger partial charge in [0.25, 0.3) is 0 Å². The number of anilines is 1. The Hall–Kier alpha value is -3.15. The molecule has 1 unspecified atom stereocenters. The van der Waals surface area contributed by atoms with Gasteiger partial charge in [-0.25, -0.2) is 0 Å². The van der Waals surface area contributed by atoms with Crippen LogP contribution >= 0.6 is 0 Å². The van der Waals surface area contributed by atoms with Crippen molar-refractivity contribution in [1.29, 1.82) is 0 Å². The molecule has 130 valence electrons. The molecule has 1 heterocycles. The summed E-state index contributed by atoms with van der Waals surface area (Å²) in [6.45, 7) is 3.59. The van der Waals surface area contributed by atoms with Crippen LogP contribution in [0.2, 0.25) is 0 Å². The average molecular weight is 340 g/mol. The molecule has 0 fully saturated rings. The molecule has 0 aliphatic rings. The molecule has 3 rings (SSSR count). The fourth-order valence-electron chi connectivity index (χ4n) is 2.73. The molecule has 25 heavy (non-hydrogen) atoms. The van der Waals surface area contributed by atoms with E-state index >= 15 is 0 Å². The van der Waals surface area contributed by atoms with Crippen LogP contribution in [0, 0.1) is 6.92 Å². The van der Waals surface area contributed by atoms with Crippen LogP contribution in [0.15, 0.2) is 36.4 Å². The van der Waals surface area contributed by atoms with E-state index in [-0.39, 0.29) is 0 Å². The van der Waals surface area contributed by atoms with Crippen molar-refractivity contribution in [3.05, 3.63) is 47.7 Å². The van der Waals surface area contributed by atoms with Gasteiger partial charge < -0.3 is 25.3 Å². The standard InChI is InChI=1S/C19H20N2O4/c1-10-8-13-14(21-10)5-7-16(18(13)20)25-15-6-4-12(9-17(15)24-3)11(2)19(22)23/h4-9,11,21H,20H2,1-3H3,(H,22,23). The van der Waals surface area contributed by atoms with Crippen molar-refractivity contribution in [1.82, 2.24) is 4.98 Å². The SMILES string of the molecule is COc1cc(C(C)C(=O)O)ccc1Oc1ccc2[nH]c(C)cc2c1N. The number of carboxylic acid groups (broad SMARTS) is 1. The second-order valence-corrected chi connectivity index (χ2v) is 5.96. The number of aromatic amines is 1. The predicted molar refractivity (Wildman–Crippen MR) is 96.6 cm³/mol. The minimum atomic E-state index is -0.895. The maximum atomic E-state index is 11.2. The first-order chi connectivity index (χ1) is 11.9. The van der Waals surface area contributed by atoms with Crippen molar-refractivity contribution in [3.63, 3.8) is 0 Å². The second kappa shape index (κ2) is 6.39. The largest absolute Gasteiger partial charge is 0.493 e. The molecule has 3 aromatic rings. The number of carboxylic acids is 1. The summed E-state index contributed by atoms with van der Waals surface area (Å²) in [5.74, 6) is -0.0817. The van der Waals surface area contributed by atoms with Gasteiger partial charge in [-0.1, -0.05) is 6.07 Å². The molecule has 0 aliphatic heterocycles. The summed E-state index contributed by atoms with van der Waals surface area (Å²) in [6.07, 6.45) is 0. The molecule has 4 N–H and O–H groups in total. The van der Waals surface area contributed by atoms with E-state index in [0.717, 1.165) is 16.6 Å². The van der Waals surface area contributed by atoms with E-state index in [0.29, 0.717) is 28.5 Å². The zero-order valence-electron chi connectivity index (χ0n) is 14.3. The van der Waals surface area contributed by atoms with E-state index in [4.69, 9.17) is 20.3 Å². The van der Waals surface area contributed by atoms with Gasteiger partial charge in [0.15, 0.2) is 17.2 Å². The van der Waals surface area contributed by atoms with Crippen molar-refractivity contribution in [2.45, 2.75) is 19.8 Å².